The van der Waals surface area contributed by atoms with Crippen molar-refractivity contribution in [2.45, 2.75) is 19.9 Å². The summed E-state index contributed by atoms with van der Waals surface area (Å²) in [7, 11) is 0. The summed E-state index contributed by atoms with van der Waals surface area (Å²) in [5, 5.41) is 9.24. The molecule has 0 bridgehead atoms. The van der Waals surface area contributed by atoms with Crippen LogP contribution in [-0.4, -0.2) is 53.0 Å². The molecule has 0 spiro atoms. The Hall–Kier alpha value is -2.73. The minimum absolute atomic E-state index is 0.0882. The van der Waals surface area contributed by atoms with Crippen LogP contribution < -0.4 is 0 Å². The Morgan fingerprint density at radius 3 is 2.55 bits per heavy atom. The molecule has 5 nitrogen and oxygen atoms in total. The molecular formula is C23H25FN2O3. The number of carbonyl (C=O) groups excluding carboxylic acids is 2. The summed E-state index contributed by atoms with van der Waals surface area (Å²) in [5.74, 6) is -0.657. The highest BCUT2D eigenvalue weighted by molar-refractivity contribution is 5.95. The molecule has 0 radical (unpaired) electrons. The van der Waals surface area contributed by atoms with Crippen LogP contribution in [0, 0.1) is 31.5 Å². The van der Waals surface area contributed by atoms with E-state index in [4.69, 9.17) is 0 Å². The fourth-order valence-electron chi connectivity index (χ4n) is 4.90. The Kier molecular flexibility index (Phi) is 5.13. The second-order valence-corrected chi connectivity index (χ2v) is 8.16. The normalized spacial score (nSPS) is 23.4. The van der Waals surface area contributed by atoms with E-state index >= 15 is 0 Å². The quantitative estimate of drug-likeness (QED) is 0.868. The summed E-state index contributed by atoms with van der Waals surface area (Å²) < 4.78 is 13.9. The second kappa shape index (κ2) is 7.59. The van der Waals surface area contributed by atoms with Crippen molar-refractivity contribution in [2.75, 3.05) is 26.2 Å². The Bertz CT molecular complexity index is 941. The standard InChI is InChI=1S/C23H25FN2O3/c1-14-7-16(9-18(24)8-14)23(29)26-11-17-10-25(21(28)13-27)12-20(17)22(26)19-6-4-3-5-15(19)2/h3-9,17,20,22,27H,10-13H2,1-2H3/t17-,20-,22+/m0/s1. The van der Waals surface area contributed by atoms with Crippen LogP contribution in [0.4, 0.5) is 4.39 Å². The number of nitrogens with zero attached hydrogens (tertiary/aromatic N) is 2. The Morgan fingerprint density at radius 2 is 1.86 bits per heavy atom. The molecule has 0 aromatic heterocycles. The highest BCUT2D eigenvalue weighted by atomic mass is 19.1. The first-order chi connectivity index (χ1) is 13.9. The van der Waals surface area contributed by atoms with Crippen LogP contribution in [-0.2, 0) is 4.79 Å². The van der Waals surface area contributed by atoms with Gasteiger partial charge in [0, 0.05) is 37.0 Å². The third kappa shape index (κ3) is 3.53. The number of aryl methyl sites for hydroxylation is 2. The van der Waals surface area contributed by atoms with E-state index in [2.05, 4.69) is 0 Å². The lowest BCUT2D eigenvalue weighted by molar-refractivity contribution is -0.133. The maximum atomic E-state index is 13.9. The molecule has 0 aliphatic carbocycles. The molecule has 0 unspecified atom stereocenters. The van der Waals surface area contributed by atoms with E-state index in [0.717, 1.165) is 11.1 Å². The number of rotatable bonds is 3. The van der Waals surface area contributed by atoms with Gasteiger partial charge in [0.15, 0.2) is 0 Å². The van der Waals surface area contributed by atoms with Crippen molar-refractivity contribution in [3.05, 3.63) is 70.5 Å². The molecule has 0 saturated carbocycles. The van der Waals surface area contributed by atoms with Gasteiger partial charge in [0.05, 0.1) is 6.04 Å². The number of benzene rings is 2. The zero-order chi connectivity index (χ0) is 20.7. The highest BCUT2D eigenvalue weighted by Gasteiger charge is 2.50. The minimum atomic E-state index is -0.500. The van der Waals surface area contributed by atoms with Gasteiger partial charge in [-0.2, -0.15) is 0 Å². The van der Waals surface area contributed by atoms with Crippen molar-refractivity contribution < 1.29 is 19.1 Å². The van der Waals surface area contributed by atoms with E-state index in [0.29, 0.717) is 30.8 Å². The summed E-state index contributed by atoms with van der Waals surface area (Å²) >= 11 is 0. The molecule has 2 heterocycles. The van der Waals surface area contributed by atoms with Gasteiger partial charge in [-0.25, -0.2) is 4.39 Å². The van der Waals surface area contributed by atoms with Crippen LogP contribution >= 0.6 is 0 Å². The molecule has 2 amide bonds. The number of amides is 2. The molecule has 2 aromatic rings. The van der Waals surface area contributed by atoms with Crippen LogP contribution in [0.3, 0.4) is 0 Å². The predicted octanol–water partition coefficient (Wildman–Crippen LogP) is 2.71. The van der Waals surface area contributed by atoms with Crippen molar-refractivity contribution in [3.63, 3.8) is 0 Å². The van der Waals surface area contributed by atoms with Gasteiger partial charge in [-0.3, -0.25) is 9.59 Å². The van der Waals surface area contributed by atoms with Crippen molar-refractivity contribution in [1.29, 1.82) is 0 Å². The third-order valence-corrected chi connectivity index (χ3v) is 6.21. The van der Waals surface area contributed by atoms with Crippen LogP contribution in [0.15, 0.2) is 42.5 Å². The molecule has 2 aliphatic rings. The van der Waals surface area contributed by atoms with E-state index in [-0.39, 0.29) is 29.7 Å². The number of hydrogen-bond acceptors (Lipinski definition) is 3. The van der Waals surface area contributed by atoms with Gasteiger partial charge in [0.25, 0.3) is 5.91 Å². The van der Waals surface area contributed by atoms with Crippen molar-refractivity contribution in [1.82, 2.24) is 9.80 Å². The largest absolute Gasteiger partial charge is 0.387 e. The van der Waals surface area contributed by atoms with Gasteiger partial charge in [-0.15, -0.1) is 0 Å². The fourth-order valence-corrected chi connectivity index (χ4v) is 4.90. The number of likely N-dealkylation sites (tertiary alicyclic amines) is 2. The van der Waals surface area contributed by atoms with E-state index in [1.54, 1.807) is 17.9 Å². The average molecular weight is 396 g/mol. The first-order valence-corrected chi connectivity index (χ1v) is 9.91. The Morgan fingerprint density at radius 1 is 1.10 bits per heavy atom. The summed E-state index contributed by atoms with van der Waals surface area (Å²) in [4.78, 5) is 28.9. The highest BCUT2D eigenvalue weighted by Crippen LogP contribution is 2.46. The first kappa shape index (κ1) is 19.6. The molecule has 4 rings (SSSR count). The zero-order valence-electron chi connectivity index (χ0n) is 16.6. The van der Waals surface area contributed by atoms with Gasteiger partial charge >= 0.3 is 0 Å². The molecule has 3 atom stereocenters. The maximum absolute atomic E-state index is 13.9. The van der Waals surface area contributed by atoms with Gasteiger partial charge in [0.2, 0.25) is 5.91 Å². The average Bonchev–Trinajstić information content (AvgIpc) is 3.24. The lowest BCUT2D eigenvalue weighted by Crippen LogP contribution is -2.38. The lowest BCUT2D eigenvalue weighted by atomic mass is 9.87. The van der Waals surface area contributed by atoms with Crippen molar-refractivity contribution in [2.24, 2.45) is 11.8 Å². The van der Waals surface area contributed by atoms with Crippen LogP contribution in [0.25, 0.3) is 0 Å². The van der Waals surface area contributed by atoms with Gasteiger partial charge in [-0.05, 0) is 48.7 Å². The molecule has 1 N–H and O–H groups in total. The topological polar surface area (TPSA) is 60.9 Å². The Balaban J connectivity index is 1.71. The van der Waals surface area contributed by atoms with Gasteiger partial charge in [-0.1, -0.05) is 24.3 Å². The third-order valence-electron chi connectivity index (χ3n) is 6.21. The molecule has 2 aromatic carbocycles. The molecule has 2 saturated heterocycles. The SMILES string of the molecule is Cc1cc(F)cc(C(=O)N2C[C@@H]3CN(C(=O)CO)C[C@@H]3[C@H]2c2ccccc2C)c1. The summed E-state index contributed by atoms with van der Waals surface area (Å²) in [5.41, 5.74) is 3.20. The number of hydrogen-bond donors (Lipinski definition) is 1. The van der Waals surface area contributed by atoms with Crippen LogP contribution in [0.5, 0.6) is 0 Å². The van der Waals surface area contributed by atoms with Gasteiger partial charge in [0.1, 0.15) is 12.4 Å². The lowest BCUT2D eigenvalue weighted by Gasteiger charge is -2.31. The van der Waals surface area contributed by atoms with E-state index in [9.17, 15) is 19.1 Å². The predicted molar refractivity (Wildman–Crippen MR) is 107 cm³/mol. The van der Waals surface area contributed by atoms with E-state index in [1.807, 2.05) is 36.1 Å². The molecule has 6 heteroatoms. The summed E-state index contributed by atoms with van der Waals surface area (Å²) in [6.07, 6.45) is 0. The maximum Gasteiger partial charge on any atom is 0.254 e. The van der Waals surface area contributed by atoms with Gasteiger partial charge < -0.3 is 14.9 Å². The summed E-state index contributed by atoms with van der Waals surface area (Å²) in [6, 6.07) is 12.2. The monoisotopic (exact) mass is 396 g/mol. The molecule has 29 heavy (non-hydrogen) atoms. The van der Waals surface area contributed by atoms with E-state index in [1.165, 1.54) is 12.1 Å². The molecule has 2 fully saturated rings. The Labute approximate surface area is 169 Å². The molecule has 2 aliphatic heterocycles. The second-order valence-electron chi connectivity index (χ2n) is 8.16. The minimum Gasteiger partial charge on any atom is -0.387 e. The fraction of sp³-hybridized carbons (Fsp3) is 0.391. The van der Waals surface area contributed by atoms with Crippen molar-refractivity contribution in [3.8, 4) is 0 Å². The number of aliphatic hydroxyl groups is 1. The number of fused-ring (bicyclic) bond motifs is 1. The molecular weight excluding hydrogens is 371 g/mol. The summed E-state index contributed by atoms with van der Waals surface area (Å²) in [6.45, 7) is 4.83. The smallest absolute Gasteiger partial charge is 0.254 e. The number of halogens is 1. The zero-order valence-corrected chi connectivity index (χ0v) is 16.6. The number of aliphatic hydroxyl groups excluding tert-OH is 1. The molecule has 152 valence electrons. The van der Waals surface area contributed by atoms with Crippen LogP contribution in [0.2, 0.25) is 0 Å². The first-order valence-electron chi connectivity index (χ1n) is 9.91. The van der Waals surface area contributed by atoms with E-state index < -0.39 is 12.4 Å². The van der Waals surface area contributed by atoms with Crippen LogP contribution in [0.1, 0.15) is 33.1 Å². The number of carbonyl (C=O) groups is 2. The van der Waals surface area contributed by atoms with Crippen molar-refractivity contribution >= 4 is 11.8 Å².